The van der Waals surface area contributed by atoms with Gasteiger partial charge in [0, 0.05) is 0 Å². The summed E-state index contributed by atoms with van der Waals surface area (Å²) in [5, 5.41) is 0. The van der Waals surface area contributed by atoms with Gasteiger partial charge in [-0.05, 0) is 12.1 Å². The first-order chi connectivity index (χ1) is 5.50. The standard InChI is InChI=1S/C6H4F6S/c7-5-3-1-2-4-6(5)13(8,9,10,11)12/h1-4H. The average molecular weight is 222 g/mol. The molecule has 0 atom stereocenters. The van der Waals surface area contributed by atoms with Crippen LogP contribution in [0.2, 0.25) is 0 Å². The Morgan fingerprint density at radius 2 is 1.31 bits per heavy atom. The molecular weight excluding hydrogens is 218 g/mol. The molecule has 0 aliphatic rings. The van der Waals surface area contributed by atoms with Gasteiger partial charge < -0.3 is 0 Å². The van der Waals surface area contributed by atoms with Crippen LogP contribution < -0.4 is 0 Å². The molecule has 0 saturated carbocycles. The lowest BCUT2D eigenvalue weighted by molar-refractivity contribution is 0.355. The SMILES string of the molecule is Fc1ccccc1S(F)(F)(F)(F)F. The van der Waals surface area contributed by atoms with Gasteiger partial charge in [0.2, 0.25) is 0 Å². The van der Waals surface area contributed by atoms with Crippen LogP contribution in [-0.2, 0) is 0 Å². The molecule has 0 amide bonds. The molecule has 0 aliphatic heterocycles. The first-order valence-corrected chi connectivity index (χ1v) is 4.94. The van der Waals surface area contributed by atoms with E-state index in [-0.39, 0.29) is 6.07 Å². The summed E-state index contributed by atoms with van der Waals surface area (Å²) < 4.78 is 72.2. The van der Waals surface area contributed by atoms with Crippen molar-refractivity contribution >= 4 is 10.2 Å². The van der Waals surface area contributed by atoms with Crippen LogP contribution in [0.25, 0.3) is 0 Å². The van der Waals surface area contributed by atoms with Gasteiger partial charge in [-0.1, -0.05) is 31.6 Å². The Balaban J connectivity index is 3.50. The fourth-order valence-corrected chi connectivity index (χ4v) is 1.53. The molecule has 1 aromatic rings. The van der Waals surface area contributed by atoms with Crippen LogP contribution in [0.3, 0.4) is 0 Å². The summed E-state index contributed by atoms with van der Waals surface area (Å²) in [7, 11) is -9.85. The summed E-state index contributed by atoms with van der Waals surface area (Å²) in [6.45, 7) is 0. The Morgan fingerprint density at radius 3 is 1.62 bits per heavy atom. The molecular formula is C6H4F6S. The molecule has 0 unspecified atom stereocenters. The maximum atomic E-state index is 12.4. The van der Waals surface area contributed by atoms with E-state index in [1.165, 1.54) is 0 Å². The second-order valence-electron chi connectivity index (χ2n) is 2.40. The third kappa shape index (κ3) is 2.30. The van der Waals surface area contributed by atoms with Crippen molar-refractivity contribution in [3.63, 3.8) is 0 Å². The molecule has 0 heterocycles. The third-order valence-electron chi connectivity index (χ3n) is 1.25. The van der Waals surface area contributed by atoms with Crippen molar-refractivity contribution in [2.75, 3.05) is 0 Å². The minimum absolute atomic E-state index is 0.0247. The van der Waals surface area contributed by atoms with Crippen LogP contribution in [0.15, 0.2) is 29.2 Å². The van der Waals surface area contributed by atoms with Gasteiger partial charge in [-0.15, -0.1) is 0 Å². The number of benzene rings is 1. The highest BCUT2D eigenvalue weighted by Crippen LogP contribution is 3.02. The summed E-state index contributed by atoms with van der Waals surface area (Å²) in [6, 6.07) is 1.97. The van der Waals surface area contributed by atoms with E-state index in [4.69, 9.17) is 0 Å². The monoisotopic (exact) mass is 222 g/mol. The highest BCUT2D eigenvalue weighted by Gasteiger charge is 2.66. The van der Waals surface area contributed by atoms with E-state index in [0.29, 0.717) is 12.1 Å². The summed E-state index contributed by atoms with van der Waals surface area (Å²) in [6.07, 6.45) is 0. The maximum absolute atomic E-state index is 12.4. The topological polar surface area (TPSA) is 0 Å². The van der Waals surface area contributed by atoms with Gasteiger partial charge in [0.15, 0.2) is 0 Å². The fourth-order valence-electron chi connectivity index (χ4n) is 0.758. The van der Waals surface area contributed by atoms with Gasteiger partial charge in [-0.25, -0.2) is 4.39 Å². The van der Waals surface area contributed by atoms with E-state index < -0.39 is 20.9 Å². The zero-order valence-corrected chi connectivity index (χ0v) is 6.80. The molecule has 0 radical (unpaired) electrons. The quantitative estimate of drug-likeness (QED) is 0.614. The van der Waals surface area contributed by atoms with Crippen LogP contribution >= 0.6 is 10.2 Å². The molecule has 0 spiro atoms. The lowest BCUT2D eigenvalue weighted by atomic mass is 10.4. The second kappa shape index (κ2) is 1.97. The molecule has 1 rings (SSSR count). The molecule has 1 aromatic carbocycles. The Labute approximate surface area is 69.9 Å². The Hall–Kier alpha value is -0.850. The van der Waals surface area contributed by atoms with Crippen molar-refractivity contribution in [3.8, 4) is 0 Å². The minimum atomic E-state index is -9.85. The molecule has 0 aromatic heterocycles. The average Bonchev–Trinajstić information content (AvgIpc) is 1.82. The fraction of sp³-hybridized carbons (Fsp3) is 0. The Kier molecular flexibility index (Phi) is 1.55. The molecule has 0 aliphatic carbocycles. The molecule has 0 nitrogen and oxygen atoms in total. The molecule has 7 heteroatoms. The third-order valence-corrected chi connectivity index (χ3v) is 2.41. The predicted molar refractivity (Wildman–Crippen MR) is 37.8 cm³/mol. The maximum Gasteiger partial charge on any atom is 0.313 e. The molecule has 0 saturated heterocycles. The first kappa shape index (κ1) is 10.2. The molecule has 0 bridgehead atoms. The molecule has 0 N–H and O–H groups in total. The van der Waals surface area contributed by atoms with Gasteiger partial charge in [-0.2, -0.15) is 0 Å². The van der Waals surface area contributed by atoms with Crippen molar-refractivity contribution in [1.29, 1.82) is 0 Å². The zero-order chi connectivity index (χ0) is 10.4. The van der Waals surface area contributed by atoms with Gasteiger partial charge in [0.25, 0.3) is 0 Å². The Bertz CT molecular complexity index is 338. The van der Waals surface area contributed by atoms with Gasteiger partial charge in [-0.3, -0.25) is 0 Å². The second-order valence-corrected chi connectivity index (χ2v) is 4.78. The highest BCUT2D eigenvalue weighted by atomic mass is 32.5. The van der Waals surface area contributed by atoms with Crippen molar-refractivity contribution in [2.24, 2.45) is 0 Å². The number of hydrogen-bond acceptors (Lipinski definition) is 0. The molecule has 76 valence electrons. The summed E-state index contributed by atoms with van der Waals surface area (Å²) >= 11 is 0. The smallest absolute Gasteiger partial charge is 0.205 e. The minimum Gasteiger partial charge on any atom is -0.205 e. The van der Waals surface area contributed by atoms with Crippen LogP contribution in [0.4, 0.5) is 23.8 Å². The van der Waals surface area contributed by atoms with E-state index in [0.717, 1.165) is 6.07 Å². The number of hydrogen-bond donors (Lipinski definition) is 0. The van der Waals surface area contributed by atoms with Crippen LogP contribution in [0.5, 0.6) is 0 Å². The Morgan fingerprint density at radius 1 is 0.846 bits per heavy atom. The number of rotatable bonds is 1. The lowest BCUT2D eigenvalue weighted by Crippen LogP contribution is -2.08. The summed E-state index contributed by atoms with van der Waals surface area (Å²) in [4.78, 5) is -2.47. The normalized spacial score (nSPS) is 17.7. The molecule has 13 heavy (non-hydrogen) atoms. The van der Waals surface area contributed by atoms with Crippen molar-refractivity contribution in [2.45, 2.75) is 4.90 Å². The van der Waals surface area contributed by atoms with Crippen LogP contribution in [-0.4, -0.2) is 0 Å². The van der Waals surface area contributed by atoms with E-state index in [9.17, 15) is 23.8 Å². The lowest BCUT2D eigenvalue weighted by Gasteiger charge is -2.40. The predicted octanol–water partition coefficient (Wildman–Crippen LogP) is 4.48. The van der Waals surface area contributed by atoms with Crippen molar-refractivity contribution < 1.29 is 23.8 Å². The van der Waals surface area contributed by atoms with Crippen LogP contribution in [0.1, 0.15) is 0 Å². The zero-order valence-electron chi connectivity index (χ0n) is 5.99. The van der Waals surface area contributed by atoms with Gasteiger partial charge >= 0.3 is 10.2 Å². The van der Waals surface area contributed by atoms with Crippen molar-refractivity contribution in [1.82, 2.24) is 0 Å². The molecule has 0 fully saturated rings. The van der Waals surface area contributed by atoms with Crippen LogP contribution in [0, 0.1) is 5.82 Å². The van der Waals surface area contributed by atoms with E-state index >= 15 is 0 Å². The first-order valence-electron chi connectivity index (χ1n) is 2.99. The van der Waals surface area contributed by atoms with Crippen molar-refractivity contribution in [3.05, 3.63) is 30.1 Å². The number of halogens is 6. The van der Waals surface area contributed by atoms with Gasteiger partial charge in [0.05, 0.1) is 0 Å². The van der Waals surface area contributed by atoms with E-state index in [1.807, 2.05) is 0 Å². The summed E-state index contributed by atoms with van der Waals surface area (Å²) in [5.41, 5.74) is 0. The highest BCUT2D eigenvalue weighted by molar-refractivity contribution is 8.45. The van der Waals surface area contributed by atoms with E-state index in [1.54, 1.807) is 0 Å². The van der Waals surface area contributed by atoms with E-state index in [2.05, 4.69) is 0 Å². The summed E-state index contributed by atoms with van der Waals surface area (Å²) in [5.74, 6) is -1.96. The largest absolute Gasteiger partial charge is 0.313 e. The van der Waals surface area contributed by atoms with Gasteiger partial charge in [0.1, 0.15) is 10.7 Å².